The van der Waals surface area contributed by atoms with Crippen LogP contribution in [-0.4, -0.2) is 20.2 Å². The van der Waals surface area contributed by atoms with E-state index in [2.05, 4.69) is 4.74 Å². The maximum Gasteiger partial charge on any atom is 0.337 e. The van der Waals surface area contributed by atoms with Crippen molar-refractivity contribution in [2.24, 2.45) is 0 Å². The second-order valence-electron chi connectivity index (χ2n) is 2.46. The summed E-state index contributed by atoms with van der Waals surface area (Å²) in [5.41, 5.74) is 0.419. The molecule has 0 aliphatic rings. The molecule has 0 aromatic heterocycles. The summed E-state index contributed by atoms with van der Waals surface area (Å²) in [7, 11) is 2.86. The van der Waals surface area contributed by atoms with E-state index in [4.69, 9.17) is 16.3 Å². The van der Waals surface area contributed by atoms with Gasteiger partial charge in [0.2, 0.25) is 0 Å². The summed E-state index contributed by atoms with van der Waals surface area (Å²) < 4.78 is 10.4. The molecule has 1 aromatic carbocycles. The van der Waals surface area contributed by atoms with Crippen LogP contribution in [0, 0.1) is 3.57 Å². The van der Waals surface area contributed by atoms with E-state index in [0.717, 1.165) is 3.57 Å². The van der Waals surface area contributed by atoms with Gasteiger partial charge in [-0.05, 0) is 34.7 Å². The quantitative estimate of drug-likeness (QED) is 0.619. The van der Waals surface area contributed by atoms with Crippen molar-refractivity contribution >= 4 is 40.2 Å². The van der Waals surface area contributed by atoms with Crippen LogP contribution in [0.5, 0.6) is 5.75 Å². The molecule has 1 aromatic rings. The first kappa shape index (κ1) is 11.6. The number of hydrogen-bond donors (Lipinski definition) is 0. The molecule has 0 bridgehead atoms. The van der Waals surface area contributed by atoms with Gasteiger partial charge in [-0.2, -0.15) is 0 Å². The number of methoxy groups -OCH3 is 2. The van der Waals surface area contributed by atoms with Gasteiger partial charge >= 0.3 is 5.97 Å². The van der Waals surface area contributed by atoms with E-state index in [1.807, 2.05) is 22.6 Å². The van der Waals surface area contributed by atoms with Crippen molar-refractivity contribution in [2.75, 3.05) is 14.2 Å². The number of carbonyl (C=O) groups excluding carboxylic acids is 1. The topological polar surface area (TPSA) is 35.5 Å². The van der Waals surface area contributed by atoms with Gasteiger partial charge < -0.3 is 9.47 Å². The van der Waals surface area contributed by atoms with Crippen molar-refractivity contribution < 1.29 is 14.3 Å². The van der Waals surface area contributed by atoms with Gasteiger partial charge in [-0.15, -0.1) is 0 Å². The zero-order chi connectivity index (χ0) is 10.7. The summed E-state index contributed by atoms with van der Waals surface area (Å²) in [4.78, 5) is 11.2. The Morgan fingerprint density at radius 3 is 2.50 bits per heavy atom. The summed E-state index contributed by atoms with van der Waals surface area (Å²) in [6.07, 6.45) is 0. The molecular formula is C9H8ClIO3. The standard InChI is InChI=1S/C9H8ClIO3/c1-13-8-6(10)3-5(4-7(8)11)9(12)14-2/h3-4H,1-2H3. The van der Waals surface area contributed by atoms with E-state index in [9.17, 15) is 4.79 Å². The number of carbonyl (C=O) groups is 1. The Morgan fingerprint density at radius 2 is 2.07 bits per heavy atom. The van der Waals surface area contributed by atoms with Gasteiger partial charge in [-0.1, -0.05) is 11.6 Å². The molecule has 1 rings (SSSR count). The summed E-state index contributed by atoms with van der Waals surface area (Å²) in [6, 6.07) is 3.19. The highest BCUT2D eigenvalue weighted by Gasteiger charge is 2.12. The Morgan fingerprint density at radius 1 is 1.43 bits per heavy atom. The Balaban J connectivity index is 3.20. The molecule has 3 nitrogen and oxygen atoms in total. The molecule has 0 unspecified atom stereocenters. The van der Waals surface area contributed by atoms with Gasteiger partial charge in [-0.3, -0.25) is 0 Å². The zero-order valence-electron chi connectivity index (χ0n) is 7.64. The normalized spacial score (nSPS) is 9.71. The zero-order valence-corrected chi connectivity index (χ0v) is 10.5. The molecule has 0 amide bonds. The second-order valence-corrected chi connectivity index (χ2v) is 4.03. The molecule has 14 heavy (non-hydrogen) atoms. The van der Waals surface area contributed by atoms with Crippen LogP contribution >= 0.6 is 34.2 Å². The molecular weight excluding hydrogens is 318 g/mol. The Hall–Kier alpha value is -0.490. The molecule has 0 saturated heterocycles. The van der Waals surface area contributed by atoms with Crippen LogP contribution in [0.15, 0.2) is 12.1 Å². The molecule has 0 radical (unpaired) electrons. The van der Waals surface area contributed by atoms with Gasteiger partial charge in [0.1, 0.15) is 0 Å². The predicted molar refractivity (Wildman–Crippen MR) is 62.1 cm³/mol. The Labute approximate surface area is 100 Å². The van der Waals surface area contributed by atoms with Crippen molar-refractivity contribution in [1.29, 1.82) is 0 Å². The number of ether oxygens (including phenoxy) is 2. The number of hydrogen-bond acceptors (Lipinski definition) is 3. The highest BCUT2D eigenvalue weighted by atomic mass is 127. The lowest BCUT2D eigenvalue weighted by atomic mass is 10.2. The average molecular weight is 327 g/mol. The van der Waals surface area contributed by atoms with Crippen molar-refractivity contribution in [3.05, 3.63) is 26.3 Å². The van der Waals surface area contributed by atoms with E-state index in [1.54, 1.807) is 6.07 Å². The first-order chi connectivity index (χ1) is 6.60. The van der Waals surface area contributed by atoms with E-state index in [0.29, 0.717) is 16.3 Å². The number of benzene rings is 1. The predicted octanol–water partition coefficient (Wildman–Crippen LogP) is 2.74. The Bertz CT molecular complexity index is 342. The van der Waals surface area contributed by atoms with Crippen molar-refractivity contribution in [3.8, 4) is 5.75 Å². The largest absolute Gasteiger partial charge is 0.494 e. The van der Waals surface area contributed by atoms with E-state index < -0.39 is 5.97 Å². The number of esters is 1. The SMILES string of the molecule is COC(=O)c1cc(Cl)c(OC)c(I)c1. The molecule has 0 atom stereocenters. The lowest BCUT2D eigenvalue weighted by molar-refractivity contribution is 0.0600. The van der Waals surface area contributed by atoms with Crippen molar-refractivity contribution in [1.82, 2.24) is 0 Å². The second kappa shape index (κ2) is 4.84. The van der Waals surface area contributed by atoms with Crippen LogP contribution in [0.3, 0.4) is 0 Å². The molecule has 0 N–H and O–H groups in total. The summed E-state index contributed by atoms with van der Waals surface area (Å²) in [5, 5.41) is 0.403. The van der Waals surface area contributed by atoms with Gasteiger partial charge in [0.05, 0.1) is 28.4 Å². The third-order valence-electron chi connectivity index (χ3n) is 1.62. The number of rotatable bonds is 2. The monoisotopic (exact) mass is 326 g/mol. The average Bonchev–Trinajstić information content (AvgIpc) is 2.16. The summed E-state index contributed by atoms with van der Waals surface area (Å²) in [5.74, 6) is 0.160. The van der Waals surface area contributed by atoms with E-state index in [1.165, 1.54) is 20.3 Å². The summed E-state index contributed by atoms with van der Waals surface area (Å²) >= 11 is 7.94. The fraction of sp³-hybridized carbons (Fsp3) is 0.222. The molecule has 0 aliphatic heterocycles. The first-order valence-electron chi connectivity index (χ1n) is 3.71. The van der Waals surface area contributed by atoms with Crippen LogP contribution in [0.25, 0.3) is 0 Å². The minimum Gasteiger partial charge on any atom is -0.494 e. The summed E-state index contributed by atoms with van der Waals surface area (Å²) in [6.45, 7) is 0. The van der Waals surface area contributed by atoms with Gasteiger partial charge in [0.25, 0.3) is 0 Å². The lowest BCUT2D eigenvalue weighted by Crippen LogP contribution is -2.02. The van der Waals surface area contributed by atoms with Crippen LogP contribution < -0.4 is 4.74 Å². The molecule has 0 saturated carbocycles. The minimum atomic E-state index is -0.410. The molecule has 0 fully saturated rings. The third kappa shape index (κ3) is 2.30. The highest BCUT2D eigenvalue weighted by Crippen LogP contribution is 2.31. The maximum atomic E-state index is 11.2. The lowest BCUT2D eigenvalue weighted by Gasteiger charge is -2.07. The van der Waals surface area contributed by atoms with E-state index >= 15 is 0 Å². The van der Waals surface area contributed by atoms with Crippen LogP contribution in [-0.2, 0) is 4.74 Å². The van der Waals surface area contributed by atoms with Crippen LogP contribution in [0.1, 0.15) is 10.4 Å². The molecule has 0 spiro atoms. The van der Waals surface area contributed by atoms with E-state index in [-0.39, 0.29) is 0 Å². The smallest absolute Gasteiger partial charge is 0.337 e. The van der Waals surface area contributed by atoms with Crippen molar-refractivity contribution in [2.45, 2.75) is 0 Å². The fourth-order valence-electron chi connectivity index (χ4n) is 0.991. The maximum absolute atomic E-state index is 11.2. The highest BCUT2D eigenvalue weighted by molar-refractivity contribution is 14.1. The van der Waals surface area contributed by atoms with Gasteiger partial charge in [-0.25, -0.2) is 4.79 Å². The number of halogens is 2. The minimum absolute atomic E-state index is 0.403. The molecule has 0 heterocycles. The van der Waals surface area contributed by atoms with Gasteiger partial charge in [0, 0.05) is 0 Å². The molecule has 0 aliphatic carbocycles. The molecule has 76 valence electrons. The fourth-order valence-corrected chi connectivity index (χ4v) is 2.29. The first-order valence-corrected chi connectivity index (χ1v) is 5.17. The third-order valence-corrected chi connectivity index (χ3v) is 2.71. The van der Waals surface area contributed by atoms with Crippen LogP contribution in [0.4, 0.5) is 0 Å². The van der Waals surface area contributed by atoms with Crippen molar-refractivity contribution in [3.63, 3.8) is 0 Å². The van der Waals surface area contributed by atoms with Crippen LogP contribution in [0.2, 0.25) is 5.02 Å². The van der Waals surface area contributed by atoms with Gasteiger partial charge in [0.15, 0.2) is 5.75 Å². The Kier molecular flexibility index (Phi) is 4.00. The molecule has 5 heteroatoms.